The second-order valence-electron chi connectivity index (χ2n) is 5.23. The molecule has 3 rings (SSSR count). The van der Waals surface area contributed by atoms with Crippen LogP contribution in [0.1, 0.15) is 5.56 Å². The van der Waals surface area contributed by atoms with Crippen molar-refractivity contribution in [2.24, 2.45) is 0 Å². The third-order valence-corrected chi connectivity index (χ3v) is 3.67. The molecule has 5 heteroatoms. The second-order valence-corrected chi connectivity index (χ2v) is 5.23. The third kappa shape index (κ3) is 3.74. The number of methoxy groups -OCH3 is 1. The van der Waals surface area contributed by atoms with E-state index in [0.29, 0.717) is 19.6 Å². The van der Waals surface area contributed by atoms with Crippen LogP contribution in [0.25, 0.3) is 0 Å². The van der Waals surface area contributed by atoms with Gasteiger partial charge < -0.3 is 19.5 Å². The summed E-state index contributed by atoms with van der Waals surface area (Å²) in [5.74, 6) is 2.20. The van der Waals surface area contributed by atoms with Crippen LogP contribution in [0.3, 0.4) is 0 Å². The van der Waals surface area contributed by atoms with E-state index in [0.717, 1.165) is 22.8 Å². The van der Waals surface area contributed by atoms with Gasteiger partial charge in [0.2, 0.25) is 0 Å². The molecular formula is C18H19NO4. The first-order valence-corrected chi connectivity index (χ1v) is 7.55. The highest BCUT2D eigenvalue weighted by atomic mass is 16.5. The highest BCUT2D eigenvalue weighted by Gasteiger charge is 2.28. The summed E-state index contributed by atoms with van der Waals surface area (Å²) in [7, 11) is 1.62. The molecule has 1 N–H and O–H groups in total. The fraction of sp³-hybridized carbons (Fsp3) is 0.278. The summed E-state index contributed by atoms with van der Waals surface area (Å²) in [6.45, 7) is 0.832. The summed E-state index contributed by atoms with van der Waals surface area (Å²) in [5.41, 5.74) is 1.07. The number of benzene rings is 2. The summed E-state index contributed by atoms with van der Waals surface area (Å²) in [5, 5.41) is 2.84. The Labute approximate surface area is 135 Å². The molecule has 0 fully saturated rings. The van der Waals surface area contributed by atoms with Crippen molar-refractivity contribution in [1.82, 2.24) is 5.32 Å². The van der Waals surface area contributed by atoms with Crippen molar-refractivity contribution < 1.29 is 19.0 Å². The number of ether oxygens (including phenoxy) is 3. The molecule has 1 unspecified atom stereocenters. The number of nitrogens with one attached hydrogen (secondary N) is 1. The van der Waals surface area contributed by atoms with Crippen molar-refractivity contribution in [2.45, 2.75) is 12.5 Å². The zero-order valence-corrected chi connectivity index (χ0v) is 13.0. The van der Waals surface area contributed by atoms with Crippen molar-refractivity contribution in [3.63, 3.8) is 0 Å². The first-order chi connectivity index (χ1) is 11.3. The van der Waals surface area contributed by atoms with Crippen LogP contribution in [0.2, 0.25) is 0 Å². The molecule has 23 heavy (non-hydrogen) atoms. The smallest absolute Gasteiger partial charge is 0.261 e. The molecule has 5 nitrogen and oxygen atoms in total. The summed E-state index contributed by atoms with van der Waals surface area (Å²) < 4.78 is 16.3. The van der Waals surface area contributed by atoms with Crippen molar-refractivity contribution in [2.75, 3.05) is 20.3 Å². The first kappa shape index (κ1) is 15.2. The highest BCUT2D eigenvalue weighted by Crippen LogP contribution is 2.28. The van der Waals surface area contributed by atoms with Gasteiger partial charge in [-0.1, -0.05) is 18.2 Å². The molecule has 1 aliphatic heterocycles. The monoisotopic (exact) mass is 313 g/mol. The predicted octanol–water partition coefficient (Wildman–Crippen LogP) is 2.19. The molecule has 2 aromatic rings. The van der Waals surface area contributed by atoms with Gasteiger partial charge in [-0.15, -0.1) is 0 Å². The van der Waals surface area contributed by atoms with Gasteiger partial charge in [0, 0.05) is 6.42 Å². The van der Waals surface area contributed by atoms with E-state index in [1.54, 1.807) is 7.11 Å². The lowest BCUT2D eigenvalue weighted by Gasteiger charge is -2.12. The maximum absolute atomic E-state index is 12.1. The number of para-hydroxylation sites is 1. The minimum Gasteiger partial charge on any atom is -0.497 e. The van der Waals surface area contributed by atoms with E-state index >= 15 is 0 Å². The molecule has 1 atom stereocenters. The molecule has 0 bridgehead atoms. The molecule has 0 radical (unpaired) electrons. The standard InChI is InChI=1S/C18H19NO4/c1-21-14-6-8-15(9-7-14)22-11-10-19-18(20)17-12-13-4-2-3-5-16(13)23-17/h2-9,17H,10-12H2,1H3,(H,19,20). The summed E-state index contributed by atoms with van der Waals surface area (Å²) in [4.78, 5) is 12.1. The molecule has 1 aliphatic rings. The molecular weight excluding hydrogens is 294 g/mol. The molecule has 0 saturated heterocycles. The van der Waals surface area contributed by atoms with Crippen LogP contribution in [0, 0.1) is 0 Å². The normalized spacial score (nSPS) is 15.4. The fourth-order valence-corrected chi connectivity index (χ4v) is 2.46. The van der Waals surface area contributed by atoms with Crippen LogP contribution in [0.15, 0.2) is 48.5 Å². The van der Waals surface area contributed by atoms with Crippen LogP contribution < -0.4 is 19.5 Å². The zero-order valence-electron chi connectivity index (χ0n) is 13.0. The SMILES string of the molecule is COc1ccc(OCCNC(=O)C2Cc3ccccc3O2)cc1. The van der Waals surface area contributed by atoms with Crippen molar-refractivity contribution in [3.05, 3.63) is 54.1 Å². The van der Waals surface area contributed by atoms with E-state index < -0.39 is 6.10 Å². The zero-order chi connectivity index (χ0) is 16.1. The fourth-order valence-electron chi connectivity index (χ4n) is 2.46. The Balaban J connectivity index is 1.40. The maximum Gasteiger partial charge on any atom is 0.261 e. The Morgan fingerprint density at radius 1 is 1.17 bits per heavy atom. The van der Waals surface area contributed by atoms with Gasteiger partial charge in [0.05, 0.1) is 13.7 Å². The topological polar surface area (TPSA) is 56.8 Å². The maximum atomic E-state index is 12.1. The average molecular weight is 313 g/mol. The lowest BCUT2D eigenvalue weighted by Crippen LogP contribution is -2.39. The number of hydrogen-bond acceptors (Lipinski definition) is 4. The minimum absolute atomic E-state index is 0.112. The second kappa shape index (κ2) is 7.05. The van der Waals surface area contributed by atoms with Gasteiger partial charge in [0.1, 0.15) is 23.9 Å². The Morgan fingerprint density at radius 3 is 2.65 bits per heavy atom. The van der Waals surface area contributed by atoms with Gasteiger partial charge in [0.25, 0.3) is 5.91 Å². The molecule has 1 heterocycles. The van der Waals surface area contributed by atoms with E-state index in [2.05, 4.69) is 5.32 Å². The van der Waals surface area contributed by atoms with E-state index in [4.69, 9.17) is 14.2 Å². The van der Waals surface area contributed by atoms with Crippen LogP contribution >= 0.6 is 0 Å². The van der Waals surface area contributed by atoms with E-state index in [1.807, 2.05) is 48.5 Å². The van der Waals surface area contributed by atoms with Gasteiger partial charge in [-0.25, -0.2) is 0 Å². The van der Waals surface area contributed by atoms with E-state index in [1.165, 1.54) is 0 Å². The van der Waals surface area contributed by atoms with Crippen LogP contribution in [0.4, 0.5) is 0 Å². The van der Waals surface area contributed by atoms with Gasteiger partial charge >= 0.3 is 0 Å². The number of rotatable bonds is 6. The number of amides is 1. The Bertz CT molecular complexity index is 644. The lowest BCUT2D eigenvalue weighted by atomic mass is 10.1. The summed E-state index contributed by atoms with van der Waals surface area (Å²) in [6.07, 6.45) is 0.162. The Kier molecular flexibility index (Phi) is 4.66. The molecule has 0 saturated carbocycles. The van der Waals surface area contributed by atoms with Gasteiger partial charge in [-0.3, -0.25) is 4.79 Å². The molecule has 2 aromatic carbocycles. The average Bonchev–Trinajstić information content (AvgIpc) is 3.03. The van der Waals surface area contributed by atoms with Gasteiger partial charge in [0.15, 0.2) is 6.10 Å². The van der Waals surface area contributed by atoms with E-state index in [9.17, 15) is 4.79 Å². The summed E-state index contributed by atoms with van der Waals surface area (Å²) >= 11 is 0. The molecule has 120 valence electrons. The van der Waals surface area contributed by atoms with E-state index in [-0.39, 0.29) is 5.91 Å². The minimum atomic E-state index is -0.451. The van der Waals surface area contributed by atoms with Gasteiger partial charge in [-0.2, -0.15) is 0 Å². The van der Waals surface area contributed by atoms with Crippen molar-refractivity contribution in [1.29, 1.82) is 0 Å². The molecule has 0 aromatic heterocycles. The summed E-state index contributed by atoms with van der Waals surface area (Å²) in [6, 6.07) is 15.0. The van der Waals surface area contributed by atoms with Gasteiger partial charge in [-0.05, 0) is 35.9 Å². The number of carbonyl (C=O) groups is 1. The number of hydrogen-bond donors (Lipinski definition) is 1. The third-order valence-electron chi connectivity index (χ3n) is 3.67. The van der Waals surface area contributed by atoms with Crippen LogP contribution in [-0.2, 0) is 11.2 Å². The van der Waals surface area contributed by atoms with Crippen molar-refractivity contribution >= 4 is 5.91 Å². The first-order valence-electron chi connectivity index (χ1n) is 7.55. The Morgan fingerprint density at radius 2 is 1.91 bits per heavy atom. The number of fused-ring (bicyclic) bond motifs is 1. The highest BCUT2D eigenvalue weighted by molar-refractivity contribution is 5.82. The lowest BCUT2D eigenvalue weighted by molar-refractivity contribution is -0.127. The van der Waals surface area contributed by atoms with Crippen molar-refractivity contribution in [3.8, 4) is 17.2 Å². The largest absolute Gasteiger partial charge is 0.497 e. The quantitative estimate of drug-likeness (QED) is 0.831. The number of carbonyl (C=O) groups excluding carboxylic acids is 1. The van der Waals surface area contributed by atoms with Crippen LogP contribution in [-0.4, -0.2) is 32.3 Å². The van der Waals surface area contributed by atoms with Crippen LogP contribution in [0.5, 0.6) is 17.2 Å². The molecule has 0 spiro atoms. The Hall–Kier alpha value is -2.69. The molecule has 1 amide bonds. The molecule has 0 aliphatic carbocycles. The predicted molar refractivity (Wildman–Crippen MR) is 86.1 cm³/mol.